The highest BCUT2D eigenvalue weighted by molar-refractivity contribution is 5.41. The SMILES string of the molecule is CNCC1CC(Oc2cccc3nccn23)C1. The van der Waals surface area contributed by atoms with Crippen LogP contribution in [0.1, 0.15) is 12.8 Å². The second-order valence-corrected chi connectivity index (χ2v) is 4.65. The van der Waals surface area contributed by atoms with E-state index in [1.165, 1.54) is 0 Å². The second-order valence-electron chi connectivity index (χ2n) is 4.65. The van der Waals surface area contributed by atoms with E-state index in [0.29, 0.717) is 6.10 Å². The average Bonchev–Trinajstić information content (AvgIpc) is 2.75. The van der Waals surface area contributed by atoms with Crippen molar-refractivity contribution in [3.63, 3.8) is 0 Å². The Morgan fingerprint density at radius 3 is 3.18 bits per heavy atom. The lowest BCUT2D eigenvalue weighted by Gasteiger charge is -2.35. The average molecular weight is 231 g/mol. The fourth-order valence-electron chi connectivity index (χ4n) is 2.41. The predicted molar refractivity (Wildman–Crippen MR) is 66.3 cm³/mol. The molecule has 2 heterocycles. The fourth-order valence-corrected chi connectivity index (χ4v) is 2.41. The summed E-state index contributed by atoms with van der Waals surface area (Å²) >= 11 is 0. The highest BCUT2D eigenvalue weighted by atomic mass is 16.5. The first-order valence-corrected chi connectivity index (χ1v) is 6.10. The third-order valence-corrected chi connectivity index (χ3v) is 3.36. The van der Waals surface area contributed by atoms with Gasteiger partial charge in [0.15, 0.2) is 5.88 Å². The van der Waals surface area contributed by atoms with E-state index >= 15 is 0 Å². The van der Waals surface area contributed by atoms with Crippen LogP contribution in [0.15, 0.2) is 30.6 Å². The molecule has 2 aromatic heterocycles. The zero-order chi connectivity index (χ0) is 11.7. The van der Waals surface area contributed by atoms with E-state index in [-0.39, 0.29) is 0 Å². The molecule has 2 aromatic rings. The van der Waals surface area contributed by atoms with Gasteiger partial charge in [-0.1, -0.05) is 6.07 Å². The monoisotopic (exact) mass is 231 g/mol. The number of fused-ring (bicyclic) bond motifs is 1. The molecule has 90 valence electrons. The number of aromatic nitrogens is 2. The zero-order valence-electron chi connectivity index (χ0n) is 9.97. The third kappa shape index (κ3) is 2.00. The maximum atomic E-state index is 5.99. The van der Waals surface area contributed by atoms with E-state index in [0.717, 1.165) is 36.8 Å². The summed E-state index contributed by atoms with van der Waals surface area (Å²) in [5, 5.41) is 3.21. The largest absolute Gasteiger partial charge is 0.475 e. The Balaban J connectivity index is 1.68. The molecule has 1 saturated carbocycles. The Labute approximate surface area is 101 Å². The van der Waals surface area contributed by atoms with Crippen LogP contribution in [0.2, 0.25) is 0 Å². The molecule has 4 nitrogen and oxygen atoms in total. The molecule has 0 bridgehead atoms. The van der Waals surface area contributed by atoms with Crippen LogP contribution in [0, 0.1) is 5.92 Å². The summed E-state index contributed by atoms with van der Waals surface area (Å²) in [6.45, 7) is 1.09. The molecular formula is C13H17N3O. The normalized spacial score (nSPS) is 23.6. The van der Waals surface area contributed by atoms with Gasteiger partial charge in [-0.05, 0) is 44.5 Å². The van der Waals surface area contributed by atoms with Crippen molar-refractivity contribution in [1.82, 2.24) is 14.7 Å². The van der Waals surface area contributed by atoms with Crippen molar-refractivity contribution < 1.29 is 4.74 Å². The van der Waals surface area contributed by atoms with E-state index in [2.05, 4.69) is 10.3 Å². The van der Waals surface area contributed by atoms with Gasteiger partial charge >= 0.3 is 0 Å². The lowest BCUT2D eigenvalue weighted by atomic mass is 9.82. The number of rotatable bonds is 4. The molecule has 3 rings (SSSR count). The van der Waals surface area contributed by atoms with Crippen molar-refractivity contribution in [2.45, 2.75) is 18.9 Å². The molecule has 0 aliphatic heterocycles. The first kappa shape index (κ1) is 10.6. The molecule has 0 atom stereocenters. The Morgan fingerprint density at radius 1 is 1.47 bits per heavy atom. The molecule has 1 aliphatic carbocycles. The van der Waals surface area contributed by atoms with Crippen LogP contribution < -0.4 is 10.1 Å². The summed E-state index contributed by atoms with van der Waals surface area (Å²) in [4.78, 5) is 4.25. The number of hydrogen-bond donors (Lipinski definition) is 1. The smallest absolute Gasteiger partial charge is 0.199 e. The quantitative estimate of drug-likeness (QED) is 0.870. The van der Waals surface area contributed by atoms with Crippen LogP contribution in [0.25, 0.3) is 5.65 Å². The molecule has 0 radical (unpaired) electrons. The van der Waals surface area contributed by atoms with Crippen LogP contribution in [-0.2, 0) is 0 Å². The summed E-state index contributed by atoms with van der Waals surface area (Å²) in [6, 6.07) is 5.97. The number of imidazole rings is 1. The molecule has 0 unspecified atom stereocenters. The Kier molecular flexibility index (Phi) is 2.73. The number of hydrogen-bond acceptors (Lipinski definition) is 3. The van der Waals surface area contributed by atoms with Gasteiger partial charge in [-0.15, -0.1) is 0 Å². The molecule has 0 aromatic carbocycles. The Hall–Kier alpha value is -1.55. The van der Waals surface area contributed by atoms with Crippen molar-refractivity contribution in [3.05, 3.63) is 30.6 Å². The standard InChI is InChI=1S/C13H17N3O/c1-14-9-10-7-11(8-10)17-13-4-2-3-12-15-5-6-16(12)13/h2-6,10-11,14H,7-9H2,1H3. The number of ether oxygens (including phenoxy) is 1. The predicted octanol–water partition coefficient (Wildman–Crippen LogP) is 1.71. The van der Waals surface area contributed by atoms with E-state index < -0.39 is 0 Å². The van der Waals surface area contributed by atoms with Gasteiger partial charge in [0.1, 0.15) is 11.8 Å². The van der Waals surface area contributed by atoms with Crippen LogP contribution >= 0.6 is 0 Å². The molecule has 17 heavy (non-hydrogen) atoms. The number of nitrogens with zero attached hydrogens (tertiary/aromatic N) is 2. The van der Waals surface area contributed by atoms with Crippen molar-refractivity contribution in [2.75, 3.05) is 13.6 Å². The first-order chi connectivity index (χ1) is 8.36. The van der Waals surface area contributed by atoms with Crippen molar-refractivity contribution in [2.24, 2.45) is 5.92 Å². The maximum absolute atomic E-state index is 5.99. The van der Waals surface area contributed by atoms with Gasteiger partial charge in [0, 0.05) is 12.4 Å². The Morgan fingerprint density at radius 2 is 2.35 bits per heavy atom. The molecule has 0 spiro atoms. The van der Waals surface area contributed by atoms with Gasteiger partial charge in [0.05, 0.1) is 0 Å². The molecule has 0 saturated heterocycles. The van der Waals surface area contributed by atoms with Gasteiger partial charge in [-0.3, -0.25) is 4.40 Å². The molecule has 4 heteroatoms. The number of pyridine rings is 1. The zero-order valence-corrected chi connectivity index (χ0v) is 9.97. The third-order valence-electron chi connectivity index (χ3n) is 3.36. The first-order valence-electron chi connectivity index (χ1n) is 6.10. The van der Waals surface area contributed by atoms with Crippen LogP contribution in [-0.4, -0.2) is 29.1 Å². The van der Waals surface area contributed by atoms with Crippen molar-refractivity contribution >= 4 is 5.65 Å². The molecule has 0 amide bonds. The van der Waals surface area contributed by atoms with E-state index in [9.17, 15) is 0 Å². The van der Waals surface area contributed by atoms with Crippen LogP contribution in [0.5, 0.6) is 5.88 Å². The van der Waals surface area contributed by atoms with Crippen molar-refractivity contribution in [3.8, 4) is 5.88 Å². The lowest BCUT2D eigenvalue weighted by molar-refractivity contribution is 0.0606. The summed E-state index contributed by atoms with van der Waals surface area (Å²) in [5.41, 5.74) is 0.939. The highest BCUT2D eigenvalue weighted by Gasteiger charge is 2.30. The highest BCUT2D eigenvalue weighted by Crippen LogP contribution is 2.30. The summed E-state index contributed by atoms with van der Waals surface area (Å²) in [5.74, 6) is 1.67. The maximum Gasteiger partial charge on any atom is 0.199 e. The Bertz CT molecular complexity index is 502. The summed E-state index contributed by atoms with van der Waals surface area (Å²) < 4.78 is 7.99. The molecule has 1 fully saturated rings. The number of nitrogens with one attached hydrogen (secondary N) is 1. The summed E-state index contributed by atoms with van der Waals surface area (Å²) in [7, 11) is 2.00. The van der Waals surface area contributed by atoms with Gasteiger partial charge in [-0.25, -0.2) is 4.98 Å². The molecule has 1 N–H and O–H groups in total. The minimum Gasteiger partial charge on any atom is -0.475 e. The van der Waals surface area contributed by atoms with Gasteiger partial charge < -0.3 is 10.1 Å². The fraction of sp³-hybridized carbons (Fsp3) is 0.462. The van der Waals surface area contributed by atoms with Gasteiger partial charge in [-0.2, -0.15) is 0 Å². The topological polar surface area (TPSA) is 38.6 Å². The minimum atomic E-state index is 0.362. The van der Waals surface area contributed by atoms with Crippen LogP contribution in [0.4, 0.5) is 0 Å². The minimum absolute atomic E-state index is 0.362. The summed E-state index contributed by atoms with van der Waals surface area (Å²) in [6.07, 6.45) is 6.39. The van der Waals surface area contributed by atoms with Crippen molar-refractivity contribution in [1.29, 1.82) is 0 Å². The lowest BCUT2D eigenvalue weighted by Crippen LogP contribution is -2.38. The van der Waals surface area contributed by atoms with Gasteiger partial charge in [0.25, 0.3) is 0 Å². The van der Waals surface area contributed by atoms with E-state index in [4.69, 9.17) is 4.74 Å². The molecular weight excluding hydrogens is 214 g/mol. The molecule has 1 aliphatic rings. The van der Waals surface area contributed by atoms with Gasteiger partial charge in [0.2, 0.25) is 0 Å². The second kappa shape index (κ2) is 4.37. The van der Waals surface area contributed by atoms with E-state index in [1.54, 1.807) is 6.20 Å². The van der Waals surface area contributed by atoms with E-state index in [1.807, 2.05) is 35.8 Å². The van der Waals surface area contributed by atoms with Crippen LogP contribution in [0.3, 0.4) is 0 Å².